The van der Waals surface area contributed by atoms with Gasteiger partial charge in [0.15, 0.2) is 0 Å². The van der Waals surface area contributed by atoms with Crippen molar-refractivity contribution in [2.45, 2.75) is 45.0 Å². The van der Waals surface area contributed by atoms with Crippen LogP contribution in [0.1, 0.15) is 26.7 Å². The molecule has 0 spiro atoms. The van der Waals surface area contributed by atoms with Gasteiger partial charge < -0.3 is 19.3 Å². The van der Waals surface area contributed by atoms with Gasteiger partial charge in [-0.2, -0.15) is 0 Å². The number of aldehydes is 1. The Kier molecular flexibility index (Phi) is 7.48. The fourth-order valence-electron chi connectivity index (χ4n) is 3.35. The Bertz CT molecular complexity index is 744. The molecular weight excluding hydrogens is 364 g/mol. The second kappa shape index (κ2) is 9.61. The van der Waals surface area contributed by atoms with Crippen molar-refractivity contribution in [2.75, 3.05) is 13.7 Å². The zero-order valence-corrected chi connectivity index (χ0v) is 16.3. The molecule has 0 aromatic carbocycles. The minimum absolute atomic E-state index is 0.127. The van der Waals surface area contributed by atoms with Gasteiger partial charge in [0.1, 0.15) is 24.6 Å². The number of carbonyl (C=O) groups is 3. The van der Waals surface area contributed by atoms with E-state index in [-0.39, 0.29) is 12.2 Å². The van der Waals surface area contributed by atoms with Gasteiger partial charge in [0.25, 0.3) is 0 Å². The lowest BCUT2D eigenvalue weighted by Crippen LogP contribution is -2.44. The summed E-state index contributed by atoms with van der Waals surface area (Å²) in [4.78, 5) is 36.4. The molecule has 0 bridgehead atoms. The maximum absolute atomic E-state index is 12.5. The predicted octanol–water partition coefficient (Wildman–Crippen LogP) is 1.81. The molecule has 28 heavy (non-hydrogen) atoms. The molecule has 0 aromatic heterocycles. The van der Waals surface area contributed by atoms with Crippen molar-refractivity contribution in [3.8, 4) is 0 Å². The van der Waals surface area contributed by atoms with Crippen LogP contribution in [-0.2, 0) is 28.6 Å². The van der Waals surface area contributed by atoms with Gasteiger partial charge in [-0.05, 0) is 38.3 Å². The average molecular weight is 390 g/mol. The topological polar surface area (TPSA) is 99.1 Å². The van der Waals surface area contributed by atoms with E-state index in [0.29, 0.717) is 35.8 Å². The van der Waals surface area contributed by atoms with Gasteiger partial charge in [0.2, 0.25) is 0 Å². The van der Waals surface area contributed by atoms with Crippen molar-refractivity contribution in [2.24, 2.45) is 5.92 Å². The van der Waals surface area contributed by atoms with Crippen LogP contribution in [0.25, 0.3) is 0 Å². The Hall–Kier alpha value is -2.51. The fraction of sp³-hybridized carbons (Fsp3) is 0.476. The van der Waals surface area contributed by atoms with E-state index in [2.05, 4.69) is 6.58 Å². The van der Waals surface area contributed by atoms with E-state index < -0.39 is 36.2 Å². The molecule has 1 aliphatic carbocycles. The highest BCUT2D eigenvalue weighted by Gasteiger charge is 2.48. The van der Waals surface area contributed by atoms with Gasteiger partial charge >= 0.3 is 11.9 Å². The zero-order chi connectivity index (χ0) is 20.8. The number of carbonyl (C=O) groups excluding carboxylic acids is 3. The summed E-state index contributed by atoms with van der Waals surface area (Å²) in [6, 6.07) is 0. The minimum Gasteiger partial charge on any atom is -0.455 e. The lowest BCUT2D eigenvalue weighted by Gasteiger charge is -2.32. The van der Waals surface area contributed by atoms with Crippen molar-refractivity contribution < 1.29 is 33.7 Å². The standard InChI is InChI=1S/C21H26O7/c1-5-12(2)20(24)28-19-17-13(3)21(25)27-16(17)9-14(10-22)7-6-8-15(11-23)18(19)26-4/h5,8-9,11,16-19,22H,3,6-7,10H2,1-2,4H3/b12-5-,14-9-,15-8-/t16-,17+,18+,19+/m1/s1. The van der Waals surface area contributed by atoms with Gasteiger partial charge in [-0.3, -0.25) is 4.79 Å². The molecule has 0 saturated carbocycles. The minimum atomic E-state index is -1.01. The third kappa shape index (κ3) is 4.48. The molecule has 1 aliphatic heterocycles. The van der Waals surface area contributed by atoms with Crippen LogP contribution in [0.2, 0.25) is 0 Å². The number of rotatable bonds is 5. The van der Waals surface area contributed by atoms with Crippen LogP contribution in [-0.4, -0.2) is 55.4 Å². The molecule has 2 aliphatic rings. The lowest BCUT2D eigenvalue weighted by molar-refractivity contribution is -0.155. The quantitative estimate of drug-likeness (QED) is 0.331. The van der Waals surface area contributed by atoms with Gasteiger partial charge in [-0.25, -0.2) is 9.59 Å². The van der Waals surface area contributed by atoms with E-state index in [1.807, 2.05) is 0 Å². The highest BCUT2D eigenvalue weighted by Crippen LogP contribution is 2.37. The number of esters is 2. The van der Waals surface area contributed by atoms with Crippen LogP contribution in [0.5, 0.6) is 0 Å². The molecule has 1 heterocycles. The molecule has 0 unspecified atom stereocenters. The second-order valence-electron chi connectivity index (χ2n) is 6.76. The summed E-state index contributed by atoms with van der Waals surface area (Å²) in [5.74, 6) is -1.96. The van der Waals surface area contributed by atoms with Crippen LogP contribution < -0.4 is 0 Å². The van der Waals surface area contributed by atoms with Crippen molar-refractivity contribution in [3.05, 3.63) is 47.1 Å². The third-order valence-electron chi connectivity index (χ3n) is 5.08. The third-order valence-corrected chi connectivity index (χ3v) is 5.08. The van der Waals surface area contributed by atoms with Crippen LogP contribution >= 0.6 is 0 Å². The number of methoxy groups -OCH3 is 1. The van der Waals surface area contributed by atoms with Crippen molar-refractivity contribution >= 4 is 18.2 Å². The summed E-state index contributed by atoms with van der Waals surface area (Å²) in [5.41, 5.74) is 1.46. The first-order valence-corrected chi connectivity index (χ1v) is 9.10. The molecule has 7 heteroatoms. The van der Waals surface area contributed by atoms with Crippen LogP contribution in [0, 0.1) is 5.92 Å². The molecule has 0 radical (unpaired) electrons. The lowest BCUT2D eigenvalue weighted by atomic mass is 9.83. The van der Waals surface area contributed by atoms with E-state index in [1.54, 1.807) is 32.1 Å². The summed E-state index contributed by atoms with van der Waals surface area (Å²) in [6.45, 7) is 6.90. The van der Waals surface area contributed by atoms with Gasteiger partial charge in [0, 0.05) is 23.8 Å². The molecule has 152 valence electrons. The Morgan fingerprint density at radius 1 is 1.46 bits per heavy atom. The Morgan fingerprint density at radius 2 is 2.18 bits per heavy atom. The second-order valence-corrected chi connectivity index (χ2v) is 6.76. The molecule has 7 nitrogen and oxygen atoms in total. The largest absolute Gasteiger partial charge is 0.455 e. The molecular formula is C21H26O7. The molecule has 0 aromatic rings. The Labute approximate surface area is 164 Å². The number of allylic oxidation sites excluding steroid dienone is 2. The van der Waals surface area contributed by atoms with Crippen LogP contribution in [0.15, 0.2) is 47.1 Å². The van der Waals surface area contributed by atoms with Crippen molar-refractivity contribution in [1.82, 2.24) is 0 Å². The highest BCUT2D eigenvalue weighted by molar-refractivity contribution is 5.92. The Balaban J connectivity index is 2.59. The summed E-state index contributed by atoms with van der Waals surface area (Å²) in [6.07, 6.45) is 3.88. The first kappa shape index (κ1) is 21.8. The van der Waals surface area contributed by atoms with Gasteiger partial charge in [-0.1, -0.05) is 18.7 Å². The maximum atomic E-state index is 12.5. The maximum Gasteiger partial charge on any atom is 0.334 e. The van der Waals surface area contributed by atoms with Crippen LogP contribution in [0.3, 0.4) is 0 Å². The summed E-state index contributed by atoms with van der Waals surface area (Å²) in [5, 5.41) is 9.62. The monoisotopic (exact) mass is 390 g/mol. The number of hydrogen-bond acceptors (Lipinski definition) is 7. The SMILES string of the molecule is C=C1C(=O)O[C@@H]2/C=C(\CO)CC/C=C(/C=O)[C@H](OC)[C@@H](OC(=O)/C(C)=C\C)[C@@H]12. The van der Waals surface area contributed by atoms with Crippen molar-refractivity contribution in [3.63, 3.8) is 0 Å². The van der Waals surface area contributed by atoms with Crippen LogP contribution in [0.4, 0.5) is 0 Å². The average Bonchev–Trinajstić information content (AvgIpc) is 2.97. The van der Waals surface area contributed by atoms with Gasteiger partial charge in [-0.15, -0.1) is 0 Å². The van der Waals surface area contributed by atoms with E-state index in [1.165, 1.54) is 7.11 Å². The summed E-state index contributed by atoms with van der Waals surface area (Å²) < 4.78 is 16.6. The smallest absolute Gasteiger partial charge is 0.334 e. The number of ether oxygens (including phenoxy) is 3. The number of fused-ring (bicyclic) bond motifs is 1. The van der Waals surface area contributed by atoms with Crippen molar-refractivity contribution in [1.29, 1.82) is 0 Å². The molecule has 2 rings (SSSR count). The molecule has 1 fully saturated rings. The molecule has 0 amide bonds. The zero-order valence-electron chi connectivity index (χ0n) is 16.3. The number of aliphatic hydroxyl groups is 1. The number of hydrogen-bond donors (Lipinski definition) is 1. The van der Waals surface area contributed by atoms with E-state index in [0.717, 1.165) is 0 Å². The molecule has 1 N–H and O–H groups in total. The summed E-state index contributed by atoms with van der Waals surface area (Å²) >= 11 is 0. The predicted molar refractivity (Wildman–Crippen MR) is 101 cm³/mol. The molecule has 4 atom stereocenters. The first-order chi connectivity index (χ1) is 13.4. The fourth-order valence-corrected chi connectivity index (χ4v) is 3.35. The van der Waals surface area contributed by atoms with E-state index >= 15 is 0 Å². The van der Waals surface area contributed by atoms with E-state index in [4.69, 9.17) is 14.2 Å². The first-order valence-electron chi connectivity index (χ1n) is 9.10. The number of aliphatic hydroxyl groups excluding tert-OH is 1. The van der Waals surface area contributed by atoms with Gasteiger partial charge in [0.05, 0.1) is 12.5 Å². The molecule has 1 saturated heterocycles. The van der Waals surface area contributed by atoms with E-state index in [9.17, 15) is 19.5 Å². The highest BCUT2D eigenvalue weighted by atomic mass is 16.6. The summed E-state index contributed by atoms with van der Waals surface area (Å²) in [7, 11) is 1.40. The Morgan fingerprint density at radius 3 is 2.75 bits per heavy atom. The normalized spacial score (nSPS) is 32.4.